The summed E-state index contributed by atoms with van der Waals surface area (Å²) in [7, 11) is 1.55. The fourth-order valence-corrected chi connectivity index (χ4v) is 1.15. The zero-order valence-electron chi connectivity index (χ0n) is 9.84. The maximum absolute atomic E-state index is 11.2. The fraction of sp³-hybridized carbons (Fsp3) is 0.818. The molecular formula is C11H21NO3. The van der Waals surface area contributed by atoms with Crippen LogP contribution in [-0.2, 0) is 14.3 Å². The molecule has 1 amide bonds. The second-order valence-electron chi connectivity index (χ2n) is 3.54. The summed E-state index contributed by atoms with van der Waals surface area (Å²) in [4.78, 5) is 22.0. The van der Waals surface area contributed by atoms with Gasteiger partial charge in [-0.2, -0.15) is 0 Å². The van der Waals surface area contributed by atoms with Crippen LogP contribution >= 0.6 is 0 Å². The summed E-state index contributed by atoms with van der Waals surface area (Å²) in [6.07, 6.45) is 2.40. The SMILES string of the molecule is CCC(CC)COC(=O)CCC(=O)NC. The first kappa shape index (κ1) is 13.9. The highest BCUT2D eigenvalue weighted by Gasteiger charge is 2.09. The van der Waals surface area contributed by atoms with Crippen LogP contribution in [0.5, 0.6) is 0 Å². The number of ether oxygens (including phenoxy) is 1. The van der Waals surface area contributed by atoms with Crippen molar-refractivity contribution in [2.75, 3.05) is 13.7 Å². The van der Waals surface area contributed by atoms with E-state index in [1.807, 2.05) is 0 Å². The lowest BCUT2D eigenvalue weighted by atomic mass is 10.1. The predicted octanol–water partition coefficient (Wildman–Crippen LogP) is 1.49. The van der Waals surface area contributed by atoms with E-state index >= 15 is 0 Å². The van der Waals surface area contributed by atoms with Crippen LogP contribution in [0.4, 0.5) is 0 Å². The quantitative estimate of drug-likeness (QED) is 0.655. The third kappa shape index (κ3) is 6.94. The summed E-state index contributed by atoms with van der Waals surface area (Å²) < 4.78 is 5.06. The van der Waals surface area contributed by atoms with Gasteiger partial charge in [0.05, 0.1) is 13.0 Å². The molecule has 0 fully saturated rings. The van der Waals surface area contributed by atoms with Crippen molar-refractivity contribution in [3.05, 3.63) is 0 Å². The van der Waals surface area contributed by atoms with Crippen molar-refractivity contribution in [2.24, 2.45) is 5.92 Å². The van der Waals surface area contributed by atoms with Crippen molar-refractivity contribution < 1.29 is 14.3 Å². The van der Waals surface area contributed by atoms with E-state index in [0.29, 0.717) is 12.5 Å². The number of amides is 1. The van der Waals surface area contributed by atoms with E-state index in [2.05, 4.69) is 19.2 Å². The summed E-state index contributed by atoms with van der Waals surface area (Å²) in [5.41, 5.74) is 0. The monoisotopic (exact) mass is 215 g/mol. The maximum Gasteiger partial charge on any atom is 0.306 e. The van der Waals surface area contributed by atoms with E-state index in [0.717, 1.165) is 12.8 Å². The molecule has 0 radical (unpaired) electrons. The molecule has 15 heavy (non-hydrogen) atoms. The number of carbonyl (C=O) groups is 2. The maximum atomic E-state index is 11.2. The van der Waals surface area contributed by atoms with Crippen molar-refractivity contribution in [1.29, 1.82) is 0 Å². The third-order valence-electron chi connectivity index (χ3n) is 2.47. The summed E-state index contributed by atoms with van der Waals surface area (Å²) >= 11 is 0. The lowest BCUT2D eigenvalue weighted by molar-refractivity contribution is -0.146. The largest absolute Gasteiger partial charge is 0.465 e. The standard InChI is InChI=1S/C11H21NO3/c1-4-9(5-2)8-15-11(14)7-6-10(13)12-3/h9H,4-8H2,1-3H3,(H,12,13). The molecule has 0 aromatic carbocycles. The van der Waals surface area contributed by atoms with Gasteiger partial charge < -0.3 is 10.1 Å². The second-order valence-corrected chi connectivity index (χ2v) is 3.54. The lowest BCUT2D eigenvalue weighted by Gasteiger charge is -2.12. The van der Waals surface area contributed by atoms with E-state index in [-0.39, 0.29) is 24.7 Å². The van der Waals surface area contributed by atoms with Crippen LogP contribution in [0.2, 0.25) is 0 Å². The highest BCUT2D eigenvalue weighted by Crippen LogP contribution is 2.08. The lowest BCUT2D eigenvalue weighted by Crippen LogP contribution is -2.20. The van der Waals surface area contributed by atoms with Gasteiger partial charge in [-0.1, -0.05) is 26.7 Å². The van der Waals surface area contributed by atoms with Crippen molar-refractivity contribution in [2.45, 2.75) is 39.5 Å². The Kier molecular flexibility index (Phi) is 7.68. The summed E-state index contributed by atoms with van der Waals surface area (Å²) in [6.45, 7) is 4.62. The molecule has 0 atom stereocenters. The first-order chi connectivity index (χ1) is 7.13. The van der Waals surface area contributed by atoms with Gasteiger partial charge in [-0.15, -0.1) is 0 Å². The fourth-order valence-electron chi connectivity index (χ4n) is 1.15. The molecule has 0 unspecified atom stereocenters. The number of carbonyl (C=O) groups excluding carboxylic acids is 2. The number of esters is 1. The van der Waals surface area contributed by atoms with Gasteiger partial charge >= 0.3 is 5.97 Å². The average molecular weight is 215 g/mol. The van der Waals surface area contributed by atoms with Gasteiger partial charge in [-0.25, -0.2) is 0 Å². The zero-order chi connectivity index (χ0) is 11.7. The predicted molar refractivity (Wildman–Crippen MR) is 58.3 cm³/mol. The van der Waals surface area contributed by atoms with Gasteiger partial charge in [0, 0.05) is 13.5 Å². The van der Waals surface area contributed by atoms with Crippen molar-refractivity contribution in [3.63, 3.8) is 0 Å². The molecule has 0 bridgehead atoms. The molecule has 0 aliphatic rings. The molecule has 0 aromatic heterocycles. The molecule has 0 aliphatic carbocycles. The Morgan fingerprint density at radius 3 is 2.27 bits per heavy atom. The molecule has 4 nitrogen and oxygen atoms in total. The van der Waals surface area contributed by atoms with E-state index in [1.165, 1.54) is 0 Å². The Labute approximate surface area is 91.4 Å². The minimum absolute atomic E-state index is 0.130. The van der Waals surface area contributed by atoms with Crippen molar-refractivity contribution >= 4 is 11.9 Å². The first-order valence-electron chi connectivity index (χ1n) is 5.50. The third-order valence-corrected chi connectivity index (χ3v) is 2.47. The van der Waals surface area contributed by atoms with Crippen LogP contribution < -0.4 is 5.32 Å². The van der Waals surface area contributed by atoms with Crippen LogP contribution in [0.1, 0.15) is 39.5 Å². The molecular weight excluding hydrogens is 194 g/mol. The normalized spacial score (nSPS) is 10.1. The Morgan fingerprint density at radius 1 is 1.20 bits per heavy atom. The molecule has 0 spiro atoms. The number of rotatable bonds is 7. The Hall–Kier alpha value is -1.06. The number of hydrogen-bond donors (Lipinski definition) is 1. The van der Waals surface area contributed by atoms with E-state index in [9.17, 15) is 9.59 Å². The Bertz CT molecular complexity index is 200. The summed E-state index contributed by atoms with van der Waals surface area (Å²) in [5, 5.41) is 2.46. The highest BCUT2D eigenvalue weighted by atomic mass is 16.5. The van der Waals surface area contributed by atoms with Crippen LogP contribution in [0.15, 0.2) is 0 Å². The first-order valence-corrected chi connectivity index (χ1v) is 5.50. The topological polar surface area (TPSA) is 55.4 Å². The summed E-state index contributed by atoms with van der Waals surface area (Å²) in [5.74, 6) is 0.0222. The second kappa shape index (κ2) is 8.26. The van der Waals surface area contributed by atoms with Crippen LogP contribution in [0, 0.1) is 5.92 Å². The van der Waals surface area contributed by atoms with E-state index in [1.54, 1.807) is 7.05 Å². The highest BCUT2D eigenvalue weighted by molar-refractivity contribution is 5.80. The zero-order valence-corrected chi connectivity index (χ0v) is 9.84. The van der Waals surface area contributed by atoms with Gasteiger partial charge in [-0.3, -0.25) is 9.59 Å². The molecule has 1 N–H and O–H groups in total. The average Bonchev–Trinajstić information content (AvgIpc) is 2.27. The molecule has 0 saturated heterocycles. The summed E-state index contributed by atoms with van der Waals surface area (Å²) in [6, 6.07) is 0. The van der Waals surface area contributed by atoms with E-state index in [4.69, 9.17) is 4.74 Å². The number of hydrogen-bond acceptors (Lipinski definition) is 3. The van der Waals surface area contributed by atoms with Crippen molar-refractivity contribution in [1.82, 2.24) is 5.32 Å². The minimum Gasteiger partial charge on any atom is -0.465 e. The minimum atomic E-state index is -0.287. The van der Waals surface area contributed by atoms with Crippen LogP contribution in [0.25, 0.3) is 0 Å². The molecule has 4 heteroatoms. The Morgan fingerprint density at radius 2 is 1.80 bits per heavy atom. The van der Waals surface area contributed by atoms with Gasteiger partial charge in [0.2, 0.25) is 5.91 Å². The molecule has 0 aromatic rings. The Balaban J connectivity index is 3.61. The molecule has 88 valence electrons. The van der Waals surface area contributed by atoms with Gasteiger partial charge in [0.1, 0.15) is 0 Å². The van der Waals surface area contributed by atoms with Crippen molar-refractivity contribution in [3.8, 4) is 0 Å². The van der Waals surface area contributed by atoms with Gasteiger partial charge in [0.25, 0.3) is 0 Å². The van der Waals surface area contributed by atoms with Gasteiger partial charge in [-0.05, 0) is 5.92 Å². The smallest absolute Gasteiger partial charge is 0.306 e. The van der Waals surface area contributed by atoms with Gasteiger partial charge in [0.15, 0.2) is 0 Å². The molecule has 0 aliphatic heterocycles. The number of nitrogens with one attached hydrogen (secondary N) is 1. The molecule has 0 heterocycles. The molecule has 0 rings (SSSR count). The molecule has 0 saturated carbocycles. The van der Waals surface area contributed by atoms with Crippen LogP contribution in [-0.4, -0.2) is 25.5 Å². The van der Waals surface area contributed by atoms with E-state index < -0.39 is 0 Å². The van der Waals surface area contributed by atoms with Crippen LogP contribution in [0.3, 0.4) is 0 Å².